The van der Waals surface area contributed by atoms with Crippen LogP contribution in [0.4, 0.5) is 0 Å². The van der Waals surface area contributed by atoms with Gasteiger partial charge in [-0.05, 0) is 38.5 Å². The summed E-state index contributed by atoms with van der Waals surface area (Å²) in [7, 11) is 0. The number of amides is 1. The molecule has 18 heavy (non-hydrogen) atoms. The van der Waals surface area contributed by atoms with Gasteiger partial charge in [-0.15, -0.1) is 0 Å². The lowest BCUT2D eigenvalue weighted by molar-refractivity contribution is -0.153. The second-order valence-corrected chi connectivity index (χ2v) is 5.72. The Morgan fingerprint density at radius 1 is 1.39 bits per heavy atom. The summed E-state index contributed by atoms with van der Waals surface area (Å²) < 4.78 is 0. The van der Waals surface area contributed by atoms with E-state index in [0.29, 0.717) is 38.3 Å². The summed E-state index contributed by atoms with van der Waals surface area (Å²) >= 11 is 0. The Morgan fingerprint density at radius 2 is 2.06 bits per heavy atom. The summed E-state index contributed by atoms with van der Waals surface area (Å²) in [6.45, 7) is 2.94. The fraction of sp³-hybridized carbons (Fsp3) is 0.714. The lowest BCUT2D eigenvalue weighted by Crippen LogP contribution is -2.45. The highest BCUT2D eigenvalue weighted by Gasteiger charge is 2.38. The van der Waals surface area contributed by atoms with E-state index in [-0.39, 0.29) is 5.91 Å². The standard InChI is InChI=1S/C14H21NO3/c1-14(13(17)18)6-8-15(9-7-14)12(16)10-11-4-2-3-5-11/h2,4,11H,3,5-10H2,1H3,(H,17,18). The molecule has 0 radical (unpaired) electrons. The van der Waals surface area contributed by atoms with Crippen LogP contribution in [0.15, 0.2) is 12.2 Å². The minimum Gasteiger partial charge on any atom is -0.481 e. The van der Waals surface area contributed by atoms with Crippen LogP contribution in [0.2, 0.25) is 0 Å². The first-order chi connectivity index (χ1) is 8.51. The summed E-state index contributed by atoms with van der Waals surface area (Å²) in [6.07, 6.45) is 8.13. The number of carboxylic acids is 1. The molecular weight excluding hydrogens is 230 g/mol. The van der Waals surface area contributed by atoms with Gasteiger partial charge in [0.1, 0.15) is 0 Å². The largest absolute Gasteiger partial charge is 0.481 e. The Balaban J connectivity index is 1.83. The molecule has 2 aliphatic rings. The molecular formula is C14H21NO3. The first-order valence-electron chi connectivity index (χ1n) is 6.69. The number of likely N-dealkylation sites (tertiary alicyclic amines) is 1. The predicted octanol–water partition coefficient (Wildman–Crippen LogP) is 2.06. The van der Waals surface area contributed by atoms with Crippen LogP contribution in [0.1, 0.15) is 39.0 Å². The van der Waals surface area contributed by atoms with E-state index in [1.165, 1.54) is 0 Å². The van der Waals surface area contributed by atoms with E-state index in [1.54, 1.807) is 6.92 Å². The molecule has 4 heteroatoms. The maximum atomic E-state index is 12.1. The first kappa shape index (κ1) is 13.1. The number of nitrogens with zero attached hydrogens (tertiary/aromatic N) is 1. The Hall–Kier alpha value is -1.32. The molecule has 1 saturated heterocycles. The number of aliphatic carboxylic acids is 1. The van der Waals surface area contributed by atoms with Crippen molar-refractivity contribution in [3.63, 3.8) is 0 Å². The number of allylic oxidation sites excluding steroid dienone is 2. The molecule has 0 saturated carbocycles. The number of piperidine rings is 1. The summed E-state index contributed by atoms with van der Waals surface area (Å²) in [4.78, 5) is 25.0. The van der Waals surface area contributed by atoms with Crippen molar-refractivity contribution in [3.8, 4) is 0 Å². The fourth-order valence-corrected chi connectivity index (χ4v) is 2.68. The maximum Gasteiger partial charge on any atom is 0.309 e. The number of carbonyl (C=O) groups is 2. The minimum absolute atomic E-state index is 0.180. The molecule has 1 fully saturated rings. The van der Waals surface area contributed by atoms with E-state index in [0.717, 1.165) is 12.8 Å². The quantitative estimate of drug-likeness (QED) is 0.781. The number of carboxylic acid groups (broad SMARTS) is 1. The van der Waals surface area contributed by atoms with Gasteiger partial charge < -0.3 is 10.0 Å². The highest BCUT2D eigenvalue weighted by Crippen LogP contribution is 2.32. The van der Waals surface area contributed by atoms with Crippen molar-refractivity contribution >= 4 is 11.9 Å². The normalized spacial score (nSPS) is 26.3. The van der Waals surface area contributed by atoms with Gasteiger partial charge >= 0.3 is 5.97 Å². The van der Waals surface area contributed by atoms with E-state index >= 15 is 0 Å². The fourth-order valence-electron chi connectivity index (χ4n) is 2.68. The van der Waals surface area contributed by atoms with Crippen LogP contribution in [0, 0.1) is 11.3 Å². The number of rotatable bonds is 3. The van der Waals surface area contributed by atoms with Gasteiger partial charge in [0.2, 0.25) is 5.91 Å². The van der Waals surface area contributed by atoms with Crippen molar-refractivity contribution in [3.05, 3.63) is 12.2 Å². The van der Waals surface area contributed by atoms with E-state index in [2.05, 4.69) is 12.2 Å². The lowest BCUT2D eigenvalue weighted by Gasteiger charge is -2.36. The first-order valence-corrected chi connectivity index (χ1v) is 6.69. The molecule has 1 atom stereocenters. The highest BCUT2D eigenvalue weighted by atomic mass is 16.4. The Kier molecular flexibility index (Phi) is 3.73. The molecule has 1 aliphatic carbocycles. The van der Waals surface area contributed by atoms with Crippen LogP contribution in [0.25, 0.3) is 0 Å². The van der Waals surface area contributed by atoms with Crippen molar-refractivity contribution in [1.29, 1.82) is 0 Å². The van der Waals surface area contributed by atoms with Gasteiger partial charge in [-0.2, -0.15) is 0 Å². The van der Waals surface area contributed by atoms with Gasteiger partial charge in [-0.1, -0.05) is 12.2 Å². The maximum absolute atomic E-state index is 12.1. The zero-order valence-electron chi connectivity index (χ0n) is 10.9. The average molecular weight is 251 g/mol. The molecule has 1 unspecified atom stereocenters. The second kappa shape index (κ2) is 5.12. The number of carbonyl (C=O) groups excluding carboxylic acids is 1. The molecule has 0 spiro atoms. The van der Waals surface area contributed by atoms with Gasteiger partial charge in [-0.25, -0.2) is 0 Å². The van der Waals surface area contributed by atoms with Crippen molar-refractivity contribution in [2.24, 2.45) is 11.3 Å². The smallest absolute Gasteiger partial charge is 0.309 e. The van der Waals surface area contributed by atoms with E-state index in [9.17, 15) is 9.59 Å². The van der Waals surface area contributed by atoms with Gasteiger partial charge in [0.25, 0.3) is 0 Å². The predicted molar refractivity (Wildman–Crippen MR) is 68.0 cm³/mol. The molecule has 1 amide bonds. The van der Waals surface area contributed by atoms with Gasteiger partial charge in [0.05, 0.1) is 5.41 Å². The zero-order valence-corrected chi connectivity index (χ0v) is 10.9. The van der Waals surface area contributed by atoms with E-state index in [1.807, 2.05) is 4.90 Å². The molecule has 1 heterocycles. The molecule has 1 aliphatic heterocycles. The molecule has 0 bridgehead atoms. The zero-order chi connectivity index (χ0) is 13.2. The Labute approximate surface area is 108 Å². The average Bonchev–Trinajstić information content (AvgIpc) is 2.82. The van der Waals surface area contributed by atoms with Crippen LogP contribution in [0.5, 0.6) is 0 Å². The summed E-state index contributed by atoms with van der Waals surface area (Å²) in [5.74, 6) is -0.169. The van der Waals surface area contributed by atoms with Gasteiger partial charge in [-0.3, -0.25) is 9.59 Å². The van der Waals surface area contributed by atoms with Gasteiger partial charge in [0.15, 0.2) is 0 Å². The van der Waals surface area contributed by atoms with Crippen molar-refractivity contribution < 1.29 is 14.7 Å². The van der Waals surface area contributed by atoms with E-state index < -0.39 is 11.4 Å². The third-order valence-corrected chi connectivity index (χ3v) is 4.29. The topological polar surface area (TPSA) is 57.6 Å². The third kappa shape index (κ3) is 2.74. The molecule has 0 aromatic heterocycles. The van der Waals surface area contributed by atoms with Crippen LogP contribution >= 0.6 is 0 Å². The summed E-state index contributed by atoms with van der Waals surface area (Å²) in [6, 6.07) is 0. The summed E-state index contributed by atoms with van der Waals surface area (Å²) in [5, 5.41) is 9.14. The molecule has 1 N–H and O–H groups in total. The highest BCUT2D eigenvalue weighted by molar-refractivity contribution is 5.78. The number of hydrogen-bond donors (Lipinski definition) is 1. The van der Waals surface area contributed by atoms with E-state index in [4.69, 9.17) is 5.11 Å². The van der Waals surface area contributed by atoms with Crippen molar-refractivity contribution in [1.82, 2.24) is 4.90 Å². The van der Waals surface area contributed by atoms with Crippen molar-refractivity contribution in [2.75, 3.05) is 13.1 Å². The monoisotopic (exact) mass is 251 g/mol. The Bertz CT molecular complexity index is 367. The number of hydrogen-bond acceptors (Lipinski definition) is 2. The molecule has 4 nitrogen and oxygen atoms in total. The van der Waals surface area contributed by atoms with Crippen LogP contribution < -0.4 is 0 Å². The van der Waals surface area contributed by atoms with Crippen LogP contribution in [-0.4, -0.2) is 35.0 Å². The molecule has 0 aromatic rings. The molecule has 100 valence electrons. The SMILES string of the molecule is CC1(C(=O)O)CCN(C(=O)CC2C=CCC2)CC1. The molecule has 2 rings (SSSR count). The minimum atomic E-state index is -0.742. The van der Waals surface area contributed by atoms with Gasteiger partial charge in [0, 0.05) is 19.5 Å². The van der Waals surface area contributed by atoms with Crippen LogP contribution in [-0.2, 0) is 9.59 Å². The third-order valence-electron chi connectivity index (χ3n) is 4.29. The Morgan fingerprint density at radius 3 is 2.56 bits per heavy atom. The summed E-state index contributed by atoms with van der Waals surface area (Å²) in [5.41, 5.74) is -0.649. The van der Waals surface area contributed by atoms with Crippen LogP contribution in [0.3, 0.4) is 0 Å². The second-order valence-electron chi connectivity index (χ2n) is 5.72. The lowest BCUT2D eigenvalue weighted by atomic mass is 9.80. The van der Waals surface area contributed by atoms with Crippen molar-refractivity contribution in [2.45, 2.75) is 39.0 Å². The molecule has 0 aromatic carbocycles.